The maximum atomic E-state index is 11.0. The van der Waals surface area contributed by atoms with Gasteiger partial charge in [0.2, 0.25) is 0 Å². The summed E-state index contributed by atoms with van der Waals surface area (Å²) >= 11 is 6.13. The molecule has 17 heavy (non-hydrogen) atoms. The second kappa shape index (κ2) is 5.38. The van der Waals surface area contributed by atoms with Crippen LogP contribution in [0.15, 0.2) is 24.3 Å². The summed E-state index contributed by atoms with van der Waals surface area (Å²) in [7, 11) is 0. The molecule has 0 aromatic heterocycles. The first-order chi connectivity index (χ1) is 8.18. The molecule has 0 bridgehead atoms. The Kier molecular flexibility index (Phi) is 3.86. The van der Waals surface area contributed by atoms with E-state index in [4.69, 9.17) is 16.7 Å². The maximum Gasteiger partial charge on any atom is 0.407 e. The van der Waals surface area contributed by atoms with Crippen LogP contribution in [0, 0.1) is 0 Å². The van der Waals surface area contributed by atoms with E-state index in [2.05, 4.69) is 5.32 Å². The molecule has 1 aromatic carbocycles. The summed E-state index contributed by atoms with van der Waals surface area (Å²) in [4.78, 5) is 12.5. The average molecular weight is 255 g/mol. The highest BCUT2D eigenvalue weighted by molar-refractivity contribution is 6.31. The van der Waals surface area contributed by atoms with Gasteiger partial charge in [0.05, 0.1) is 6.04 Å². The van der Waals surface area contributed by atoms with Crippen molar-refractivity contribution in [3.8, 4) is 0 Å². The molecule has 92 valence electrons. The van der Waals surface area contributed by atoms with Gasteiger partial charge < -0.3 is 15.3 Å². The van der Waals surface area contributed by atoms with E-state index in [0.717, 1.165) is 18.5 Å². The lowest BCUT2D eigenvalue weighted by molar-refractivity contribution is 0.144. The monoisotopic (exact) mass is 254 g/mol. The van der Waals surface area contributed by atoms with Gasteiger partial charge in [-0.05, 0) is 24.6 Å². The van der Waals surface area contributed by atoms with Crippen molar-refractivity contribution in [2.75, 3.05) is 19.6 Å². The quantitative estimate of drug-likeness (QED) is 0.809. The summed E-state index contributed by atoms with van der Waals surface area (Å²) in [5.41, 5.74) is 0.960. The van der Waals surface area contributed by atoms with E-state index in [0.29, 0.717) is 18.1 Å². The van der Waals surface area contributed by atoms with Crippen LogP contribution >= 0.6 is 11.6 Å². The number of nitrogens with one attached hydrogen (secondary N) is 1. The topological polar surface area (TPSA) is 52.6 Å². The van der Waals surface area contributed by atoms with E-state index >= 15 is 0 Å². The van der Waals surface area contributed by atoms with Crippen molar-refractivity contribution in [1.82, 2.24) is 10.2 Å². The van der Waals surface area contributed by atoms with Gasteiger partial charge in [-0.25, -0.2) is 4.79 Å². The lowest BCUT2D eigenvalue weighted by atomic mass is 10.1. The Morgan fingerprint density at radius 1 is 1.47 bits per heavy atom. The first-order valence-electron chi connectivity index (χ1n) is 5.64. The van der Waals surface area contributed by atoms with Crippen LogP contribution in [0.2, 0.25) is 5.02 Å². The zero-order chi connectivity index (χ0) is 12.3. The fourth-order valence-corrected chi connectivity index (χ4v) is 2.33. The smallest absolute Gasteiger partial charge is 0.407 e. The number of benzene rings is 1. The highest BCUT2D eigenvalue weighted by Crippen LogP contribution is 2.24. The number of rotatable bonds is 1. The van der Waals surface area contributed by atoms with E-state index in [1.54, 1.807) is 0 Å². The largest absolute Gasteiger partial charge is 0.465 e. The predicted molar refractivity (Wildman–Crippen MR) is 66.4 cm³/mol. The Bertz CT molecular complexity index is 411. The zero-order valence-corrected chi connectivity index (χ0v) is 10.2. The highest BCUT2D eigenvalue weighted by Gasteiger charge is 2.23. The molecule has 1 unspecified atom stereocenters. The van der Waals surface area contributed by atoms with E-state index < -0.39 is 6.09 Å². The fraction of sp³-hybridized carbons (Fsp3) is 0.417. The molecule has 0 spiro atoms. The van der Waals surface area contributed by atoms with Crippen LogP contribution in [-0.2, 0) is 0 Å². The van der Waals surface area contributed by atoms with Crippen LogP contribution in [0.25, 0.3) is 0 Å². The third kappa shape index (κ3) is 2.90. The zero-order valence-electron chi connectivity index (χ0n) is 9.40. The summed E-state index contributed by atoms with van der Waals surface area (Å²) in [6.45, 7) is 1.82. The van der Waals surface area contributed by atoms with Crippen molar-refractivity contribution in [2.24, 2.45) is 0 Å². The van der Waals surface area contributed by atoms with Crippen molar-refractivity contribution < 1.29 is 9.90 Å². The van der Waals surface area contributed by atoms with Crippen molar-refractivity contribution in [1.29, 1.82) is 0 Å². The molecule has 1 amide bonds. The molecule has 1 heterocycles. The molecule has 1 atom stereocenters. The van der Waals surface area contributed by atoms with Crippen molar-refractivity contribution in [3.05, 3.63) is 34.9 Å². The molecule has 0 aliphatic carbocycles. The number of amides is 1. The average Bonchev–Trinajstić information content (AvgIpc) is 2.55. The highest BCUT2D eigenvalue weighted by atomic mass is 35.5. The number of halogens is 1. The Morgan fingerprint density at radius 3 is 2.94 bits per heavy atom. The minimum absolute atomic E-state index is 0.0256. The first-order valence-corrected chi connectivity index (χ1v) is 6.02. The molecule has 0 saturated carbocycles. The lowest BCUT2D eigenvalue weighted by Crippen LogP contribution is -2.35. The molecule has 1 aliphatic rings. The van der Waals surface area contributed by atoms with Crippen molar-refractivity contribution >= 4 is 17.7 Å². The van der Waals surface area contributed by atoms with Crippen LogP contribution in [0.1, 0.15) is 18.0 Å². The van der Waals surface area contributed by atoms with Gasteiger partial charge in [0.25, 0.3) is 0 Å². The summed E-state index contributed by atoms with van der Waals surface area (Å²) in [6, 6.07) is 7.53. The SMILES string of the molecule is O=C(O)N1CCCNC(c2ccccc2Cl)C1. The van der Waals surface area contributed by atoms with E-state index in [9.17, 15) is 4.79 Å². The van der Waals surface area contributed by atoms with Crippen LogP contribution < -0.4 is 5.32 Å². The number of nitrogens with zero attached hydrogens (tertiary/aromatic N) is 1. The predicted octanol–water partition coefficient (Wildman–Crippen LogP) is 2.35. The Balaban J connectivity index is 2.19. The van der Waals surface area contributed by atoms with Gasteiger partial charge in [0.15, 0.2) is 0 Å². The molecule has 1 fully saturated rings. The molecule has 2 N–H and O–H groups in total. The third-order valence-electron chi connectivity index (χ3n) is 2.95. The minimum Gasteiger partial charge on any atom is -0.465 e. The minimum atomic E-state index is -0.870. The van der Waals surface area contributed by atoms with Gasteiger partial charge in [-0.2, -0.15) is 0 Å². The van der Waals surface area contributed by atoms with Crippen LogP contribution in [-0.4, -0.2) is 35.7 Å². The normalized spacial score (nSPS) is 21.0. The van der Waals surface area contributed by atoms with Crippen LogP contribution in [0.3, 0.4) is 0 Å². The van der Waals surface area contributed by atoms with Crippen molar-refractivity contribution in [3.63, 3.8) is 0 Å². The molecular formula is C12H15ClN2O2. The summed E-state index contributed by atoms with van der Waals surface area (Å²) in [5.74, 6) is 0. The van der Waals surface area contributed by atoms with Gasteiger partial charge in [-0.1, -0.05) is 29.8 Å². The van der Waals surface area contributed by atoms with Gasteiger partial charge in [0, 0.05) is 18.1 Å². The Hall–Kier alpha value is -1.26. The maximum absolute atomic E-state index is 11.0. The van der Waals surface area contributed by atoms with Gasteiger partial charge in [-0.3, -0.25) is 0 Å². The molecule has 1 saturated heterocycles. The molecular weight excluding hydrogens is 240 g/mol. The van der Waals surface area contributed by atoms with E-state index in [1.807, 2.05) is 24.3 Å². The summed E-state index contributed by atoms with van der Waals surface area (Å²) < 4.78 is 0. The fourth-order valence-electron chi connectivity index (χ4n) is 2.06. The second-order valence-corrected chi connectivity index (χ2v) is 4.52. The van der Waals surface area contributed by atoms with E-state index in [1.165, 1.54) is 4.90 Å². The van der Waals surface area contributed by atoms with Gasteiger partial charge >= 0.3 is 6.09 Å². The third-order valence-corrected chi connectivity index (χ3v) is 3.29. The molecule has 2 rings (SSSR count). The number of carbonyl (C=O) groups is 1. The Labute approximate surface area is 105 Å². The number of hydrogen-bond acceptors (Lipinski definition) is 2. The Morgan fingerprint density at radius 2 is 2.24 bits per heavy atom. The van der Waals surface area contributed by atoms with Crippen LogP contribution in [0.5, 0.6) is 0 Å². The molecule has 0 radical (unpaired) electrons. The molecule has 4 nitrogen and oxygen atoms in total. The van der Waals surface area contributed by atoms with Crippen LogP contribution in [0.4, 0.5) is 4.79 Å². The van der Waals surface area contributed by atoms with Gasteiger partial charge in [0.1, 0.15) is 0 Å². The van der Waals surface area contributed by atoms with Crippen molar-refractivity contribution in [2.45, 2.75) is 12.5 Å². The lowest BCUT2D eigenvalue weighted by Gasteiger charge is -2.22. The number of carboxylic acid groups (broad SMARTS) is 1. The first kappa shape index (κ1) is 12.2. The molecule has 1 aromatic rings. The second-order valence-electron chi connectivity index (χ2n) is 4.11. The number of hydrogen-bond donors (Lipinski definition) is 2. The standard InChI is InChI=1S/C12H15ClN2O2/c13-10-5-2-1-4-9(10)11-8-15(12(16)17)7-3-6-14-11/h1-2,4-5,11,14H,3,6-8H2,(H,16,17). The van der Waals surface area contributed by atoms with E-state index in [-0.39, 0.29) is 6.04 Å². The summed E-state index contributed by atoms with van der Waals surface area (Å²) in [5, 5.41) is 13.1. The molecule has 5 heteroatoms. The van der Waals surface area contributed by atoms with Gasteiger partial charge in [-0.15, -0.1) is 0 Å². The summed E-state index contributed by atoms with van der Waals surface area (Å²) in [6.07, 6.45) is -0.0430. The molecule has 1 aliphatic heterocycles.